The average molecular weight is 511 g/mol. The van der Waals surface area contributed by atoms with Crippen molar-refractivity contribution < 1.29 is 20.1 Å². The zero-order chi connectivity index (χ0) is 28.0. The molecule has 1 aliphatic carbocycles. The molecule has 6 N–H and O–H groups in total. The topological polar surface area (TPSA) is 120 Å². The lowest BCUT2D eigenvalue weighted by Gasteiger charge is -2.29. The van der Waals surface area contributed by atoms with Gasteiger partial charge in [-0.1, -0.05) is 82.3 Å². The molecule has 0 spiro atoms. The average Bonchev–Trinajstić information content (AvgIpc) is 3.28. The summed E-state index contributed by atoms with van der Waals surface area (Å²) in [6, 6.07) is 14.3. The maximum Gasteiger partial charge on any atom is 0.231 e. The van der Waals surface area contributed by atoms with Gasteiger partial charge < -0.3 is 26.0 Å². The van der Waals surface area contributed by atoms with Gasteiger partial charge in [-0.2, -0.15) is 0 Å². The molecule has 1 atom stereocenters. The number of nitrogen functional groups attached to an aromatic ring is 1. The largest absolute Gasteiger partial charge is 0.508 e. The van der Waals surface area contributed by atoms with Crippen LogP contribution in [0.5, 0.6) is 0 Å². The second-order valence-corrected chi connectivity index (χ2v) is 10.8. The third kappa shape index (κ3) is 4.37. The number of nitrogens with two attached hydrogens (primary N) is 1. The molecule has 0 amide bonds. The molecule has 3 aromatic rings. The number of Topliss-reactive ketones (excluding diaryl/α,β-unsaturated/α-hetero) is 1. The number of fused-ring (bicyclic) bond motifs is 1. The molecular formula is C32H34N2O4. The van der Waals surface area contributed by atoms with Crippen LogP contribution in [0.2, 0.25) is 0 Å². The van der Waals surface area contributed by atoms with Gasteiger partial charge in [0.2, 0.25) is 5.78 Å². The van der Waals surface area contributed by atoms with Crippen LogP contribution in [-0.2, 0) is 10.2 Å². The minimum Gasteiger partial charge on any atom is -0.508 e. The summed E-state index contributed by atoms with van der Waals surface area (Å²) in [6.07, 6.45) is 3.52. The van der Waals surface area contributed by atoms with Gasteiger partial charge in [-0.25, -0.2) is 0 Å². The monoisotopic (exact) mass is 510 g/mol. The zero-order valence-electron chi connectivity index (χ0n) is 22.2. The summed E-state index contributed by atoms with van der Waals surface area (Å²) in [5, 5.41) is 35.0. The molecule has 0 fully saturated rings. The van der Waals surface area contributed by atoms with E-state index < -0.39 is 34.2 Å². The summed E-state index contributed by atoms with van der Waals surface area (Å²) < 4.78 is 0. The number of para-hydroxylation sites is 2. The number of hydrogen-bond acceptors (Lipinski definition) is 5. The highest BCUT2D eigenvalue weighted by molar-refractivity contribution is 6.33. The first-order valence-corrected chi connectivity index (χ1v) is 12.4. The molecule has 0 radical (unpaired) electrons. The number of rotatable bonds is 7. The SMILES string of the molecule is C=CC(C)(C)/C=C(\C1=C(O)C(=O)C(c2c(C(C)(C)C=C)[nH]c3ccccc23)=C(O)C1O)c1ccccc1N. The summed E-state index contributed by atoms with van der Waals surface area (Å²) in [5.41, 5.74) is 7.80. The van der Waals surface area contributed by atoms with Crippen LogP contribution in [0, 0.1) is 5.41 Å². The Morgan fingerprint density at radius 3 is 2.26 bits per heavy atom. The lowest BCUT2D eigenvalue weighted by atomic mass is 9.77. The summed E-state index contributed by atoms with van der Waals surface area (Å²) in [6.45, 7) is 15.4. The molecule has 0 bridgehead atoms. The van der Waals surface area contributed by atoms with E-state index >= 15 is 0 Å². The van der Waals surface area contributed by atoms with Crippen molar-refractivity contribution in [3.63, 3.8) is 0 Å². The number of aromatic nitrogens is 1. The lowest BCUT2D eigenvalue weighted by molar-refractivity contribution is -0.113. The summed E-state index contributed by atoms with van der Waals surface area (Å²) in [7, 11) is 0. The van der Waals surface area contributed by atoms with E-state index in [1.165, 1.54) is 0 Å². The predicted molar refractivity (Wildman–Crippen MR) is 155 cm³/mol. The van der Waals surface area contributed by atoms with Gasteiger partial charge in [0, 0.05) is 49.8 Å². The van der Waals surface area contributed by atoms with Crippen LogP contribution < -0.4 is 5.73 Å². The Morgan fingerprint density at radius 1 is 1.00 bits per heavy atom. The van der Waals surface area contributed by atoms with Gasteiger partial charge in [0.25, 0.3) is 0 Å². The van der Waals surface area contributed by atoms with Crippen molar-refractivity contribution in [2.24, 2.45) is 5.41 Å². The Balaban J connectivity index is 2.01. The molecule has 196 valence electrons. The molecule has 1 heterocycles. The number of carbonyl (C=O) groups is 1. The molecule has 38 heavy (non-hydrogen) atoms. The number of hydrogen-bond donors (Lipinski definition) is 5. The first-order chi connectivity index (χ1) is 17.8. The second kappa shape index (κ2) is 9.54. The highest BCUT2D eigenvalue weighted by Gasteiger charge is 2.41. The van der Waals surface area contributed by atoms with Crippen LogP contribution in [-0.4, -0.2) is 32.2 Å². The van der Waals surface area contributed by atoms with Crippen LogP contribution in [0.1, 0.15) is 44.5 Å². The first-order valence-electron chi connectivity index (χ1n) is 12.4. The number of aromatic amines is 1. The summed E-state index contributed by atoms with van der Waals surface area (Å²) in [5.74, 6) is -2.01. The van der Waals surface area contributed by atoms with E-state index in [2.05, 4.69) is 18.1 Å². The normalized spacial score (nSPS) is 17.3. The molecule has 0 saturated carbocycles. The van der Waals surface area contributed by atoms with E-state index in [1.54, 1.807) is 42.5 Å². The van der Waals surface area contributed by atoms with Gasteiger partial charge in [0.05, 0.1) is 5.57 Å². The number of benzene rings is 2. The van der Waals surface area contributed by atoms with Crippen LogP contribution in [0.4, 0.5) is 5.69 Å². The van der Waals surface area contributed by atoms with Crippen LogP contribution in [0.25, 0.3) is 22.0 Å². The number of carbonyl (C=O) groups excluding carboxylic acids is 1. The molecule has 0 aliphatic heterocycles. The third-order valence-electron chi connectivity index (χ3n) is 7.18. The van der Waals surface area contributed by atoms with Gasteiger partial charge >= 0.3 is 0 Å². The van der Waals surface area contributed by atoms with Crippen molar-refractivity contribution in [3.05, 3.63) is 114 Å². The van der Waals surface area contributed by atoms with Crippen molar-refractivity contribution >= 4 is 33.5 Å². The number of aliphatic hydroxyl groups excluding tert-OH is 3. The zero-order valence-corrected chi connectivity index (χ0v) is 22.2. The number of nitrogens with one attached hydrogen (secondary N) is 1. The Bertz CT molecular complexity index is 1560. The molecule has 0 saturated heterocycles. The molecule has 6 nitrogen and oxygen atoms in total. The summed E-state index contributed by atoms with van der Waals surface area (Å²) in [4.78, 5) is 17.2. The molecule has 1 aliphatic rings. The highest BCUT2D eigenvalue weighted by Crippen LogP contribution is 2.45. The Labute approximate surface area is 222 Å². The molecular weight excluding hydrogens is 476 g/mol. The third-order valence-corrected chi connectivity index (χ3v) is 7.18. The number of H-pyrrole nitrogens is 1. The van der Waals surface area contributed by atoms with Gasteiger partial charge in [0.15, 0.2) is 5.76 Å². The minimum atomic E-state index is -1.69. The smallest absolute Gasteiger partial charge is 0.231 e. The van der Waals surface area contributed by atoms with E-state index in [0.29, 0.717) is 33.5 Å². The Morgan fingerprint density at radius 2 is 1.63 bits per heavy atom. The van der Waals surface area contributed by atoms with E-state index in [-0.39, 0.29) is 11.1 Å². The van der Waals surface area contributed by atoms with Crippen LogP contribution in [0.15, 0.2) is 97.0 Å². The van der Waals surface area contributed by atoms with Gasteiger partial charge in [0.1, 0.15) is 11.9 Å². The van der Waals surface area contributed by atoms with Crippen molar-refractivity contribution in [2.75, 3.05) is 5.73 Å². The highest BCUT2D eigenvalue weighted by atomic mass is 16.3. The van der Waals surface area contributed by atoms with Crippen molar-refractivity contribution in [1.82, 2.24) is 4.98 Å². The van der Waals surface area contributed by atoms with E-state index in [9.17, 15) is 20.1 Å². The van der Waals surface area contributed by atoms with Crippen molar-refractivity contribution in [3.8, 4) is 0 Å². The van der Waals surface area contributed by atoms with Gasteiger partial charge in [-0.3, -0.25) is 4.79 Å². The van der Waals surface area contributed by atoms with Crippen LogP contribution in [0.3, 0.4) is 0 Å². The quantitative estimate of drug-likeness (QED) is 0.183. The molecule has 1 aromatic heterocycles. The molecule has 6 heteroatoms. The number of allylic oxidation sites excluding steroid dienone is 4. The van der Waals surface area contributed by atoms with E-state index in [1.807, 2.05) is 52.0 Å². The molecule has 2 aromatic carbocycles. The molecule has 1 unspecified atom stereocenters. The fraction of sp³-hybridized carbons (Fsp3) is 0.219. The predicted octanol–water partition coefficient (Wildman–Crippen LogP) is 6.53. The second-order valence-electron chi connectivity index (χ2n) is 10.8. The molecule has 4 rings (SSSR count). The maximum atomic E-state index is 13.9. The Kier molecular flexibility index (Phi) is 6.72. The first kappa shape index (κ1) is 26.8. The van der Waals surface area contributed by atoms with Crippen molar-refractivity contribution in [1.29, 1.82) is 0 Å². The number of aliphatic hydroxyl groups is 3. The summed E-state index contributed by atoms with van der Waals surface area (Å²) >= 11 is 0. The van der Waals surface area contributed by atoms with E-state index in [4.69, 9.17) is 5.73 Å². The minimum absolute atomic E-state index is 0.117. The van der Waals surface area contributed by atoms with Gasteiger partial charge in [-0.15, -0.1) is 13.2 Å². The fourth-order valence-electron chi connectivity index (χ4n) is 4.74. The fourth-order valence-corrected chi connectivity index (χ4v) is 4.74. The Hall–Kier alpha value is -4.29. The maximum absolute atomic E-state index is 13.9. The van der Waals surface area contributed by atoms with Crippen LogP contribution >= 0.6 is 0 Å². The van der Waals surface area contributed by atoms with E-state index in [0.717, 1.165) is 5.52 Å². The van der Waals surface area contributed by atoms with Crippen molar-refractivity contribution in [2.45, 2.75) is 39.2 Å². The standard InChI is InChI=1S/C32H34N2O4/c1-7-31(3,4)17-20(18-13-9-11-15-21(18)33)24-26(35)28(37)25(29(38)27(24)36)23-19-14-10-12-16-22(19)34-30(23)32(5,6)8-2/h7-17,26,34-37H,1-2,33H2,3-6H3/b20-17-. The number of ketones is 1. The number of anilines is 1. The lowest BCUT2D eigenvalue weighted by Crippen LogP contribution is -2.29. The van der Waals surface area contributed by atoms with Gasteiger partial charge in [-0.05, 0) is 17.7 Å².